The molecular formula is C9H8LiO4. The molecular weight excluding hydrogens is 179 g/mol. The van der Waals surface area contributed by atoms with E-state index in [1.807, 2.05) is 0 Å². The first kappa shape index (κ1) is 12.8. The van der Waals surface area contributed by atoms with E-state index in [4.69, 9.17) is 0 Å². The molecule has 0 aliphatic rings. The van der Waals surface area contributed by atoms with E-state index in [1.165, 1.54) is 12.1 Å². The Labute approximate surface area is 93.1 Å². The van der Waals surface area contributed by atoms with Crippen LogP contribution in [0.2, 0.25) is 0 Å². The minimum Gasteiger partial charge on any atom is -0.507 e. The molecule has 14 heavy (non-hydrogen) atoms. The average Bonchev–Trinajstić information content (AvgIpc) is 2.03. The standard InChI is InChI=1S/C9H8O4.Li/c1-6(10)13-9(12)7-4-2-3-5-8(7)11;/h2-5,11H,1H3;. The molecule has 0 bridgehead atoms. The van der Waals surface area contributed by atoms with Crippen LogP contribution in [0.15, 0.2) is 24.3 Å². The fraction of sp³-hybridized carbons (Fsp3) is 0.111. The van der Waals surface area contributed by atoms with Gasteiger partial charge in [-0.3, -0.25) is 4.79 Å². The average molecular weight is 187 g/mol. The predicted molar refractivity (Wildman–Crippen MR) is 50.0 cm³/mol. The van der Waals surface area contributed by atoms with Crippen LogP contribution in [-0.2, 0) is 9.53 Å². The summed E-state index contributed by atoms with van der Waals surface area (Å²) in [7, 11) is 0. The number of carbonyl (C=O) groups is 2. The molecule has 69 valence electrons. The van der Waals surface area contributed by atoms with Crippen molar-refractivity contribution in [2.24, 2.45) is 0 Å². The first-order chi connectivity index (χ1) is 6.11. The molecule has 0 unspecified atom stereocenters. The molecule has 0 saturated carbocycles. The second kappa shape index (κ2) is 5.48. The zero-order valence-corrected chi connectivity index (χ0v) is 7.98. The Bertz CT molecular complexity index is 348. The van der Waals surface area contributed by atoms with Gasteiger partial charge in [-0.1, -0.05) is 12.1 Å². The summed E-state index contributed by atoms with van der Waals surface area (Å²) in [6.07, 6.45) is 0. The van der Waals surface area contributed by atoms with Gasteiger partial charge in [-0.15, -0.1) is 0 Å². The maximum atomic E-state index is 11.1. The van der Waals surface area contributed by atoms with E-state index in [-0.39, 0.29) is 30.2 Å². The first-order valence-corrected chi connectivity index (χ1v) is 3.62. The zero-order chi connectivity index (χ0) is 9.84. The van der Waals surface area contributed by atoms with Crippen molar-refractivity contribution in [3.63, 3.8) is 0 Å². The van der Waals surface area contributed by atoms with E-state index in [9.17, 15) is 14.7 Å². The van der Waals surface area contributed by atoms with Crippen molar-refractivity contribution < 1.29 is 19.4 Å². The van der Waals surface area contributed by atoms with Crippen molar-refractivity contribution in [3.05, 3.63) is 29.8 Å². The fourth-order valence-electron chi connectivity index (χ4n) is 0.832. The monoisotopic (exact) mass is 187 g/mol. The van der Waals surface area contributed by atoms with Crippen LogP contribution in [0.4, 0.5) is 0 Å². The first-order valence-electron chi connectivity index (χ1n) is 3.62. The van der Waals surface area contributed by atoms with Gasteiger partial charge in [0.25, 0.3) is 0 Å². The van der Waals surface area contributed by atoms with Crippen molar-refractivity contribution in [2.75, 3.05) is 0 Å². The smallest absolute Gasteiger partial charge is 0.349 e. The molecule has 0 spiro atoms. The molecule has 1 aromatic rings. The van der Waals surface area contributed by atoms with Crippen LogP contribution in [-0.4, -0.2) is 35.9 Å². The Morgan fingerprint density at radius 2 is 1.86 bits per heavy atom. The molecule has 1 radical (unpaired) electrons. The second-order valence-corrected chi connectivity index (χ2v) is 2.40. The number of carbonyl (C=O) groups excluding carboxylic acids is 2. The summed E-state index contributed by atoms with van der Waals surface area (Å²) < 4.78 is 4.28. The van der Waals surface area contributed by atoms with E-state index in [0.29, 0.717) is 0 Å². The van der Waals surface area contributed by atoms with Crippen LogP contribution < -0.4 is 0 Å². The number of phenols is 1. The van der Waals surface area contributed by atoms with Crippen LogP contribution >= 0.6 is 0 Å². The van der Waals surface area contributed by atoms with Gasteiger partial charge in [0.2, 0.25) is 0 Å². The molecule has 0 aliphatic carbocycles. The largest absolute Gasteiger partial charge is 0.507 e. The summed E-state index contributed by atoms with van der Waals surface area (Å²) in [5.41, 5.74) is -0.0160. The van der Waals surface area contributed by atoms with Crippen LogP contribution in [0.3, 0.4) is 0 Å². The zero-order valence-electron chi connectivity index (χ0n) is 7.98. The van der Waals surface area contributed by atoms with E-state index < -0.39 is 11.9 Å². The van der Waals surface area contributed by atoms with Crippen molar-refractivity contribution in [2.45, 2.75) is 6.92 Å². The van der Waals surface area contributed by atoms with Gasteiger partial charge in [-0.05, 0) is 12.1 Å². The van der Waals surface area contributed by atoms with E-state index in [1.54, 1.807) is 12.1 Å². The number of para-hydroxylation sites is 1. The number of rotatable bonds is 1. The summed E-state index contributed by atoms with van der Waals surface area (Å²) in [5, 5.41) is 9.18. The number of hydrogen-bond acceptors (Lipinski definition) is 4. The van der Waals surface area contributed by atoms with Crippen LogP contribution in [0, 0.1) is 0 Å². The number of phenolic OH excluding ortho intramolecular Hbond substituents is 1. The number of benzene rings is 1. The number of esters is 2. The molecule has 1 aromatic carbocycles. The maximum absolute atomic E-state index is 11.1. The number of aromatic hydroxyl groups is 1. The molecule has 0 aliphatic heterocycles. The van der Waals surface area contributed by atoms with Crippen molar-refractivity contribution in [1.82, 2.24) is 0 Å². The quantitative estimate of drug-likeness (QED) is 0.399. The summed E-state index contributed by atoms with van der Waals surface area (Å²) in [4.78, 5) is 21.5. The summed E-state index contributed by atoms with van der Waals surface area (Å²) in [6, 6.07) is 5.85. The predicted octanol–water partition coefficient (Wildman–Crippen LogP) is 0.715. The van der Waals surface area contributed by atoms with Gasteiger partial charge in [0, 0.05) is 25.8 Å². The molecule has 0 atom stereocenters. The Hall–Kier alpha value is -1.24. The Balaban J connectivity index is 0.00000169. The normalized spacial score (nSPS) is 8.64. The summed E-state index contributed by atoms with van der Waals surface area (Å²) in [6.45, 7) is 1.12. The fourth-order valence-corrected chi connectivity index (χ4v) is 0.832. The van der Waals surface area contributed by atoms with Gasteiger partial charge in [-0.25, -0.2) is 4.79 Å². The molecule has 0 aromatic heterocycles. The third-order valence-corrected chi connectivity index (χ3v) is 1.36. The maximum Gasteiger partial charge on any atom is 0.349 e. The molecule has 0 heterocycles. The minimum absolute atomic E-state index is 0. The van der Waals surface area contributed by atoms with Gasteiger partial charge >= 0.3 is 11.9 Å². The van der Waals surface area contributed by atoms with Crippen LogP contribution in [0.5, 0.6) is 5.75 Å². The SMILES string of the molecule is CC(=O)OC(=O)c1ccccc1O.[Li]. The molecule has 4 nitrogen and oxygen atoms in total. The van der Waals surface area contributed by atoms with Gasteiger partial charge in [0.1, 0.15) is 11.3 Å². The van der Waals surface area contributed by atoms with Gasteiger partial charge in [-0.2, -0.15) is 0 Å². The number of hydrogen-bond donors (Lipinski definition) is 1. The van der Waals surface area contributed by atoms with E-state index >= 15 is 0 Å². The minimum atomic E-state index is -0.842. The van der Waals surface area contributed by atoms with E-state index in [0.717, 1.165) is 6.92 Å². The van der Waals surface area contributed by atoms with E-state index in [2.05, 4.69) is 4.74 Å². The van der Waals surface area contributed by atoms with Gasteiger partial charge in [0.05, 0.1) is 0 Å². The second-order valence-electron chi connectivity index (χ2n) is 2.40. The number of ether oxygens (including phenoxy) is 1. The topological polar surface area (TPSA) is 63.6 Å². The van der Waals surface area contributed by atoms with Crippen molar-refractivity contribution in [3.8, 4) is 5.75 Å². The third kappa shape index (κ3) is 3.25. The molecule has 1 rings (SSSR count). The Morgan fingerprint density at radius 1 is 1.29 bits per heavy atom. The molecule has 0 amide bonds. The van der Waals surface area contributed by atoms with Crippen LogP contribution in [0.25, 0.3) is 0 Å². The Kier molecular flexibility index (Phi) is 4.99. The molecule has 0 fully saturated rings. The third-order valence-electron chi connectivity index (χ3n) is 1.36. The molecule has 5 heteroatoms. The van der Waals surface area contributed by atoms with Crippen LogP contribution in [0.1, 0.15) is 17.3 Å². The molecule has 0 saturated heterocycles. The van der Waals surface area contributed by atoms with Gasteiger partial charge < -0.3 is 9.84 Å². The Morgan fingerprint density at radius 3 is 2.36 bits per heavy atom. The van der Waals surface area contributed by atoms with Crippen molar-refractivity contribution >= 4 is 30.8 Å². The molecule has 1 N–H and O–H groups in total. The van der Waals surface area contributed by atoms with Gasteiger partial charge in [0.15, 0.2) is 0 Å². The summed E-state index contributed by atoms with van der Waals surface area (Å²) in [5.74, 6) is -1.74. The summed E-state index contributed by atoms with van der Waals surface area (Å²) >= 11 is 0. The van der Waals surface area contributed by atoms with Crippen molar-refractivity contribution in [1.29, 1.82) is 0 Å².